The third kappa shape index (κ3) is 4.34. The van der Waals surface area contributed by atoms with Gasteiger partial charge in [-0.25, -0.2) is 0 Å². The van der Waals surface area contributed by atoms with Gasteiger partial charge in [0.15, 0.2) is 17.3 Å². The van der Waals surface area contributed by atoms with Gasteiger partial charge in [-0.3, -0.25) is 19.6 Å². The van der Waals surface area contributed by atoms with E-state index in [4.69, 9.17) is 14.2 Å². The van der Waals surface area contributed by atoms with Crippen LogP contribution in [-0.2, 0) is 13.1 Å². The molecule has 0 amide bonds. The molecule has 1 saturated heterocycles. The number of rotatable bonds is 5. The van der Waals surface area contributed by atoms with Crippen LogP contribution >= 0.6 is 0 Å². The molecule has 6 rings (SSSR count). The number of ether oxygens (including phenoxy) is 3. The Balaban J connectivity index is 1.12. The number of phenols is 1. The molecule has 1 aromatic heterocycles. The molecule has 0 spiro atoms. The van der Waals surface area contributed by atoms with E-state index in [1.54, 1.807) is 30.6 Å². The summed E-state index contributed by atoms with van der Waals surface area (Å²) in [5, 5.41) is 10.6. The van der Waals surface area contributed by atoms with Gasteiger partial charge in [-0.1, -0.05) is 12.1 Å². The predicted molar refractivity (Wildman–Crippen MR) is 128 cm³/mol. The monoisotopic (exact) mass is 471 g/mol. The number of hydrogen-bond donors (Lipinski definition) is 1. The van der Waals surface area contributed by atoms with Crippen molar-refractivity contribution in [3.8, 4) is 23.0 Å². The fraction of sp³-hybridized carbons (Fsp3) is 0.259. The Labute approximate surface area is 203 Å². The molecule has 35 heavy (non-hydrogen) atoms. The molecule has 1 fully saturated rings. The molecule has 0 saturated carbocycles. The number of benzene rings is 2. The summed E-state index contributed by atoms with van der Waals surface area (Å²) in [5.74, 6) is 2.26. The van der Waals surface area contributed by atoms with Gasteiger partial charge in [0, 0.05) is 51.7 Å². The summed E-state index contributed by atoms with van der Waals surface area (Å²) in [6, 6.07) is 13.0. The van der Waals surface area contributed by atoms with Gasteiger partial charge >= 0.3 is 0 Å². The fourth-order valence-electron chi connectivity index (χ4n) is 4.69. The maximum atomic E-state index is 12.9. The SMILES string of the molecule is O=C1/C(=C/c2cccnc2)Oc2c1ccc(O)c2CN1CCN(Cc2ccc3c(c2)OCO3)CC1. The van der Waals surface area contributed by atoms with Crippen molar-refractivity contribution in [2.75, 3.05) is 33.0 Å². The van der Waals surface area contributed by atoms with Gasteiger partial charge in [0.25, 0.3) is 0 Å². The van der Waals surface area contributed by atoms with E-state index in [0.717, 1.165) is 49.8 Å². The van der Waals surface area contributed by atoms with Gasteiger partial charge in [0.05, 0.1) is 11.1 Å². The molecule has 0 radical (unpaired) electrons. The fourth-order valence-corrected chi connectivity index (χ4v) is 4.69. The van der Waals surface area contributed by atoms with Crippen LogP contribution in [0.15, 0.2) is 60.6 Å². The summed E-state index contributed by atoms with van der Waals surface area (Å²) >= 11 is 0. The maximum absolute atomic E-state index is 12.9. The summed E-state index contributed by atoms with van der Waals surface area (Å²) in [7, 11) is 0. The van der Waals surface area contributed by atoms with Gasteiger partial charge in [-0.15, -0.1) is 0 Å². The first kappa shape index (κ1) is 21.6. The molecular weight excluding hydrogens is 446 g/mol. The van der Waals surface area contributed by atoms with Crippen molar-refractivity contribution in [1.82, 2.24) is 14.8 Å². The predicted octanol–water partition coefficient (Wildman–Crippen LogP) is 3.45. The average molecular weight is 472 g/mol. The van der Waals surface area contributed by atoms with Gasteiger partial charge < -0.3 is 19.3 Å². The Kier molecular flexibility index (Phi) is 5.60. The molecule has 178 valence electrons. The Bertz CT molecular complexity index is 1300. The minimum atomic E-state index is -0.182. The quantitative estimate of drug-likeness (QED) is 0.567. The molecule has 4 heterocycles. The smallest absolute Gasteiger partial charge is 0.231 e. The topological polar surface area (TPSA) is 84.4 Å². The number of phenolic OH excluding ortho intramolecular Hbond substituents is 1. The summed E-state index contributed by atoms with van der Waals surface area (Å²) < 4.78 is 16.9. The highest BCUT2D eigenvalue weighted by Crippen LogP contribution is 2.40. The maximum Gasteiger partial charge on any atom is 0.231 e. The molecule has 0 bridgehead atoms. The molecule has 3 aliphatic rings. The Hall–Kier alpha value is -3.88. The molecule has 0 aliphatic carbocycles. The molecule has 2 aromatic carbocycles. The van der Waals surface area contributed by atoms with E-state index in [1.165, 1.54) is 5.56 Å². The number of hydrogen-bond acceptors (Lipinski definition) is 8. The normalized spacial score (nSPS) is 18.6. The second-order valence-electron chi connectivity index (χ2n) is 8.91. The number of aromatic hydroxyl groups is 1. The lowest BCUT2D eigenvalue weighted by molar-refractivity contribution is 0.101. The highest BCUT2D eigenvalue weighted by molar-refractivity contribution is 6.14. The lowest BCUT2D eigenvalue weighted by Gasteiger charge is -2.35. The van der Waals surface area contributed by atoms with Gasteiger partial charge in [0.1, 0.15) is 11.5 Å². The zero-order valence-electron chi connectivity index (χ0n) is 19.1. The van der Waals surface area contributed by atoms with Crippen molar-refractivity contribution in [3.63, 3.8) is 0 Å². The molecule has 0 atom stereocenters. The number of piperazine rings is 1. The van der Waals surface area contributed by atoms with Crippen LogP contribution < -0.4 is 14.2 Å². The molecule has 3 aromatic rings. The Morgan fingerprint density at radius 2 is 1.77 bits per heavy atom. The number of carbonyl (C=O) groups excluding carboxylic acids is 1. The van der Waals surface area contributed by atoms with Crippen LogP contribution in [0.4, 0.5) is 0 Å². The van der Waals surface area contributed by atoms with E-state index in [0.29, 0.717) is 23.4 Å². The number of Topliss-reactive ketones (excluding diaryl/α,β-unsaturated/α-hetero) is 1. The van der Waals surface area contributed by atoms with Crippen LogP contribution in [0.2, 0.25) is 0 Å². The van der Waals surface area contributed by atoms with Crippen molar-refractivity contribution < 1.29 is 24.1 Å². The minimum Gasteiger partial charge on any atom is -0.507 e. The molecule has 1 N–H and O–H groups in total. The van der Waals surface area contributed by atoms with Crippen LogP contribution in [0.5, 0.6) is 23.0 Å². The molecule has 0 unspecified atom stereocenters. The highest BCUT2D eigenvalue weighted by atomic mass is 16.7. The summed E-state index contributed by atoms with van der Waals surface area (Å²) in [6.07, 6.45) is 5.04. The second-order valence-corrected chi connectivity index (χ2v) is 8.91. The van der Waals surface area contributed by atoms with E-state index in [1.807, 2.05) is 24.3 Å². The van der Waals surface area contributed by atoms with Crippen molar-refractivity contribution in [2.24, 2.45) is 0 Å². The molecule has 3 aliphatic heterocycles. The van der Waals surface area contributed by atoms with Crippen LogP contribution in [0.25, 0.3) is 6.08 Å². The van der Waals surface area contributed by atoms with E-state index >= 15 is 0 Å². The zero-order valence-corrected chi connectivity index (χ0v) is 19.1. The molecule has 8 nitrogen and oxygen atoms in total. The van der Waals surface area contributed by atoms with Crippen LogP contribution in [0.3, 0.4) is 0 Å². The van der Waals surface area contributed by atoms with Crippen molar-refractivity contribution >= 4 is 11.9 Å². The molecular formula is C27H25N3O5. The van der Waals surface area contributed by atoms with Crippen molar-refractivity contribution in [2.45, 2.75) is 13.1 Å². The number of aromatic nitrogens is 1. The minimum absolute atomic E-state index is 0.141. The Morgan fingerprint density at radius 3 is 2.57 bits per heavy atom. The number of ketones is 1. The van der Waals surface area contributed by atoms with Crippen molar-refractivity contribution in [1.29, 1.82) is 0 Å². The second kappa shape index (κ2) is 9.05. The summed E-state index contributed by atoms with van der Waals surface area (Å²) in [6.45, 7) is 5.13. The Morgan fingerprint density at radius 1 is 0.971 bits per heavy atom. The van der Waals surface area contributed by atoms with Crippen LogP contribution in [0.1, 0.15) is 27.0 Å². The molecule has 8 heteroatoms. The number of carbonyl (C=O) groups is 1. The van der Waals surface area contributed by atoms with E-state index < -0.39 is 0 Å². The zero-order chi connectivity index (χ0) is 23.8. The van der Waals surface area contributed by atoms with Crippen LogP contribution in [-0.4, -0.2) is 58.6 Å². The van der Waals surface area contributed by atoms with Crippen LogP contribution in [0, 0.1) is 0 Å². The van der Waals surface area contributed by atoms with E-state index in [9.17, 15) is 9.90 Å². The van der Waals surface area contributed by atoms with Crippen molar-refractivity contribution in [3.05, 3.63) is 82.9 Å². The third-order valence-corrected chi connectivity index (χ3v) is 6.59. The number of nitrogens with zero attached hydrogens (tertiary/aromatic N) is 3. The lowest BCUT2D eigenvalue weighted by Crippen LogP contribution is -2.45. The average Bonchev–Trinajstić information content (AvgIpc) is 3.47. The number of fused-ring (bicyclic) bond motifs is 2. The summed E-state index contributed by atoms with van der Waals surface area (Å²) in [5.41, 5.74) is 3.11. The highest BCUT2D eigenvalue weighted by Gasteiger charge is 2.32. The van der Waals surface area contributed by atoms with Gasteiger partial charge in [0.2, 0.25) is 12.6 Å². The first-order valence-electron chi connectivity index (χ1n) is 11.7. The van der Waals surface area contributed by atoms with Gasteiger partial charge in [-0.05, 0) is 47.5 Å². The first-order chi connectivity index (χ1) is 17.1. The number of allylic oxidation sites excluding steroid dienone is 1. The van der Waals surface area contributed by atoms with Gasteiger partial charge in [-0.2, -0.15) is 0 Å². The summed E-state index contributed by atoms with van der Waals surface area (Å²) in [4.78, 5) is 21.7. The number of pyridine rings is 1. The standard InChI is InChI=1S/C27H25N3O5/c31-22-5-4-20-26(32)25(12-18-2-1-7-28-14-18)35-27(20)21(22)16-30-10-8-29(9-11-30)15-19-3-6-23-24(13-19)34-17-33-23/h1-7,12-14,31H,8-11,15-17H2/b25-12-. The van der Waals surface area contributed by atoms with E-state index in [2.05, 4.69) is 20.9 Å². The largest absolute Gasteiger partial charge is 0.507 e. The van der Waals surface area contributed by atoms with E-state index in [-0.39, 0.29) is 24.1 Å². The third-order valence-electron chi connectivity index (χ3n) is 6.59. The first-order valence-corrected chi connectivity index (χ1v) is 11.7. The lowest BCUT2D eigenvalue weighted by atomic mass is 10.0.